The van der Waals surface area contributed by atoms with Crippen molar-refractivity contribution in [2.45, 2.75) is 13.5 Å². The molecule has 0 saturated carbocycles. The number of aromatic nitrogens is 1. The van der Waals surface area contributed by atoms with Crippen LogP contribution in [0.4, 0.5) is 5.69 Å². The molecule has 1 aromatic carbocycles. The molecular formula is C14H12BrN3. The van der Waals surface area contributed by atoms with Crippen LogP contribution in [0.15, 0.2) is 41.0 Å². The average Bonchev–Trinajstić information content (AvgIpc) is 2.38. The van der Waals surface area contributed by atoms with Crippen molar-refractivity contribution in [1.82, 2.24) is 4.98 Å². The van der Waals surface area contributed by atoms with Gasteiger partial charge in [0, 0.05) is 10.7 Å². The van der Waals surface area contributed by atoms with Crippen molar-refractivity contribution >= 4 is 21.6 Å². The third kappa shape index (κ3) is 2.69. The van der Waals surface area contributed by atoms with Gasteiger partial charge in [-0.05, 0) is 46.6 Å². The summed E-state index contributed by atoms with van der Waals surface area (Å²) < 4.78 is 0.799. The largest absolute Gasteiger partial charge is 0.378 e. The van der Waals surface area contributed by atoms with Gasteiger partial charge in [0.05, 0.1) is 23.5 Å². The zero-order chi connectivity index (χ0) is 13.0. The van der Waals surface area contributed by atoms with Crippen molar-refractivity contribution in [3.05, 3.63) is 57.8 Å². The number of rotatable bonds is 3. The van der Waals surface area contributed by atoms with Crippen LogP contribution < -0.4 is 5.32 Å². The highest BCUT2D eigenvalue weighted by atomic mass is 79.9. The first-order valence-electron chi connectivity index (χ1n) is 5.55. The molecule has 3 nitrogen and oxygen atoms in total. The topological polar surface area (TPSA) is 48.7 Å². The Balaban J connectivity index is 2.19. The van der Waals surface area contributed by atoms with Gasteiger partial charge in [-0.2, -0.15) is 5.26 Å². The summed E-state index contributed by atoms with van der Waals surface area (Å²) in [6.45, 7) is 2.63. The summed E-state index contributed by atoms with van der Waals surface area (Å²) >= 11 is 3.37. The maximum absolute atomic E-state index is 9.12. The Morgan fingerprint density at radius 2 is 2.17 bits per heavy atom. The highest BCUT2D eigenvalue weighted by Gasteiger charge is 2.06. The molecule has 90 valence electrons. The quantitative estimate of drug-likeness (QED) is 0.941. The van der Waals surface area contributed by atoms with E-state index in [2.05, 4.69) is 32.3 Å². The third-order valence-corrected chi connectivity index (χ3v) is 3.35. The number of nitriles is 1. The number of anilines is 1. The van der Waals surface area contributed by atoms with Crippen LogP contribution in [0.25, 0.3) is 0 Å². The van der Waals surface area contributed by atoms with Crippen LogP contribution in [0.3, 0.4) is 0 Å². The summed E-state index contributed by atoms with van der Waals surface area (Å²) in [6, 6.07) is 11.8. The summed E-state index contributed by atoms with van der Waals surface area (Å²) in [5, 5.41) is 12.4. The number of aryl methyl sites for hydroxylation is 1. The minimum atomic E-state index is 0.609. The smallest absolute Gasteiger partial charge is 0.103 e. The fourth-order valence-corrected chi connectivity index (χ4v) is 2.12. The van der Waals surface area contributed by atoms with E-state index in [0.29, 0.717) is 12.1 Å². The molecule has 2 rings (SSSR count). The fourth-order valence-electron chi connectivity index (χ4n) is 1.67. The van der Waals surface area contributed by atoms with E-state index in [1.165, 1.54) is 0 Å². The predicted molar refractivity (Wildman–Crippen MR) is 75.2 cm³/mol. The Labute approximate surface area is 115 Å². The second-order valence-corrected chi connectivity index (χ2v) is 4.75. The zero-order valence-electron chi connectivity index (χ0n) is 9.94. The highest BCUT2D eigenvalue weighted by molar-refractivity contribution is 9.10. The number of pyridine rings is 1. The Kier molecular flexibility index (Phi) is 3.96. The molecule has 0 bridgehead atoms. The molecule has 0 fully saturated rings. The van der Waals surface area contributed by atoms with E-state index in [1.807, 2.05) is 37.3 Å². The zero-order valence-corrected chi connectivity index (χ0v) is 11.5. The summed E-state index contributed by atoms with van der Waals surface area (Å²) in [6.07, 6.45) is 1.77. The van der Waals surface area contributed by atoms with Crippen molar-refractivity contribution in [2.75, 3.05) is 5.32 Å². The van der Waals surface area contributed by atoms with Gasteiger partial charge in [-0.25, -0.2) is 0 Å². The molecule has 0 aliphatic heterocycles. The second kappa shape index (κ2) is 5.65. The van der Waals surface area contributed by atoms with E-state index in [9.17, 15) is 0 Å². The van der Waals surface area contributed by atoms with E-state index < -0.39 is 0 Å². The first-order valence-corrected chi connectivity index (χ1v) is 6.34. The van der Waals surface area contributed by atoms with E-state index in [0.717, 1.165) is 21.4 Å². The molecule has 2 aromatic rings. The van der Waals surface area contributed by atoms with E-state index >= 15 is 0 Å². The summed E-state index contributed by atoms with van der Waals surface area (Å²) in [5.74, 6) is 0. The Morgan fingerprint density at radius 3 is 2.89 bits per heavy atom. The molecule has 1 aromatic heterocycles. The highest BCUT2D eigenvalue weighted by Crippen LogP contribution is 2.24. The van der Waals surface area contributed by atoms with Gasteiger partial charge in [-0.3, -0.25) is 4.98 Å². The summed E-state index contributed by atoms with van der Waals surface area (Å²) in [4.78, 5) is 4.31. The maximum atomic E-state index is 9.12. The van der Waals surface area contributed by atoms with Gasteiger partial charge in [-0.1, -0.05) is 12.1 Å². The Morgan fingerprint density at radius 1 is 1.33 bits per heavy atom. The number of benzene rings is 1. The molecule has 0 atom stereocenters. The molecule has 1 N–H and O–H groups in total. The molecule has 0 spiro atoms. The minimum Gasteiger partial charge on any atom is -0.378 e. The lowest BCUT2D eigenvalue weighted by Crippen LogP contribution is -2.04. The number of hydrogen-bond donors (Lipinski definition) is 1. The van der Waals surface area contributed by atoms with Gasteiger partial charge >= 0.3 is 0 Å². The summed E-state index contributed by atoms with van der Waals surface area (Å²) in [5.41, 5.74) is 3.56. The molecule has 0 saturated heterocycles. The van der Waals surface area contributed by atoms with Gasteiger partial charge in [0.15, 0.2) is 0 Å². The molecule has 0 unspecified atom stereocenters. The van der Waals surface area contributed by atoms with Crippen molar-refractivity contribution in [3.63, 3.8) is 0 Å². The standard InChI is InChI=1S/C14H12BrN3/c1-10-4-3-7-17-14(10)9-18-13-6-2-5-12(15)11(13)8-16/h2-7,18H,9H2,1H3. The van der Waals surface area contributed by atoms with Crippen LogP contribution in [-0.2, 0) is 6.54 Å². The summed E-state index contributed by atoms with van der Waals surface area (Å²) in [7, 11) is 0. The van der Waals surface area contributed by atoms with Gasteiger partial charge in [-0.15, -0.1) is 0 Å². The Hall–Kier alpha value is -1.86. The number of halogens is 1. The van der Waals surface area contributed by atoms with Crippen LogP contribution in [0.2, 0.25) is 0 Å². The van der Waals surface area contributed by atoms with Gasteiger partial charge in [0.25, 0.3) is 0 Å². The van der Waals surface area contributed by atoms with Crippen LogP contribution in [0.5, 0.6) is 0 Å². The van der Waals surface area contributed by atoms with Gasteiger partial charge in [0.2, 0.25) is 0 Å². The van der Waals surface area contributed by atoms with Crippen LogP contribution >= 0.6 is 15.9 Å². The van der Waals surface area contributed by atoms with Crippen molar-refractivity contribution in [3.8, 4) is 6.07 Å². The minimum absolute atomic E-state index is 0.609. The van der Waals surface area contributed by atoms with Crippen LogP contribution in [0, 0.1) is 18.3 Å². The third-order valence-electron chi connectivity index (χ3n) is 2.69. The Bertz CT molecular complexity index is 602. The lowest BCUT2D eigenvalue weighted by molar-refractivity contribution is 1.02. The normalized spacial score (nSPS) is 9.83. The van der Waals surface area contributed by atoms with E-state index in [4.69, 9.17) is 5.26 Å². The molecule has 0 aliphatic rings. The predicted octanol–water partition coefficient (Wildman–Crippen LogP) is 3.64. The molecule has 0 amide bonds. The number of nitrogens with zero attached hydrogens (tertiary/aromatic N) is 2. The van der Waals surface area contributed by atoms with Crippen LogP contribution in [-0.4, -0.2) is 4.98 Å². The number of hydrogen-bond acceptors (Lipinski definition) is 3. The van der Waals surface area contributed by atoms with E-state index in [-0.39, 0.29) is 0 Å². The van der Waals surface area contributed by atoms with Crippen molar-refractivity contribution in [1.29, 1.82) is 5.26 Å². The average molecular weight is 302 g/mol. The number of nitrogens with one attached hydrogen (secondary N) is 1. The van der Waals surface area contributed by atoms with Crippen molar-refractivity contribution < 1.29 is 0 Å². The van der Waals surface area contributed by atoms with Gasteiger partial charge in [0.1, 0.15) is 6.07 Å². The van der Waals surface area contributed by atoms with Crippen molar-refractivity contribution in [2.24, 2.45) is 0 Å². The molecular weight excluding hydrogens is 290 g/mol. The molecule has 0 radical (unpaired) electrons. The SMILES string of the molecule is Cc1cccnc1CNc1cccc(Br)c1C#N. The first-order chi connectivity index (χ1) is 8.72. The maximum Gasteiger partial charge on any atom is 0.103 e. The second-order valence-electron chi connectivity index (χ2n) is 3.89. The molecule has 0 aliphatic carbocycles. The molecule has 1 heterocycles. The molecule has 18 heavy (non-hydrogen) atoms. The van der Waals surface area contributed by atoms with Gasteiger partial charge < -0.3 is 5.32 Å². The lowest BCUT2D eigenvalue weighted by atomic mass is 10.1. The van der Waals surface area contributed by atoms with Crippen LogP contribution in [0.1, 0.15) is 16.8 Å². The molecule has 4 heteroatoms. The lowest BCUT2D eigenvalue weighted by Gasteiger charge is -2.10. The first kappa shape index (κ1) is 12.6. The van der Waals surface area contributed by atoms with E-state index in [1.54, 1.807) is 6.20 Å². The fraction of sp³-hybridized carbons (Fsp3) is 0.143. The monoisotopic (exact) mass is 301 g/mol.